The lowest BCUT2D eigenvalue weighted by atomic mass is 10.2. The first kappa shape index (κ1) is 18.4. The quantitative estimate of drug-likeness (QED) is 0.696. The van der Waals surface area contributed by atoms with Gasteiger partial charge in [0.05, 0.1) is 24.6 Å². The number of nitrogens with zero attached hydrogens (tertiary/aromatic N) is 3. The third-order valence-electron chi connectivity index (χ3n) is 4.18. The molecule has 1 amide bonds. The van der Waals surface area contributed by atoms with E-state index in [0.29, 0.717) is 12.1 Å². The van der Waals surface area contributed by atoms with Crippen LogP contribution >= 0.6 is 0 Å². The van der Waals surface area contributed by atoms with E-state index in [1.807, 2.05) is 36.4 Å². The van der Waals surface area contributed by atoms with Crippen LogP contribution in [0.25, 0.3) is 0 Å². The van der Waals surface area contributed by atoms with Crippen LogP contribution in [0.1, 0.15) is 15.9 Å². The smallest absolute Gasteiger partial charge is 0.255 e. The van der Waals surface area contributed by atoms with Gasteiger partial charge in [-0.05, 0) is 42.3 Å². The van der Waals surface area contributed by atoms with Crippen LogP contribution in [0.15, 0.2) is 67.3 Å². The van der Waals surface area contributed by atoms with Gasteiger partial charge in [-0.25, -0.2) is 0 Å². The fraction of sp³-hybridized carbons (Fsp3) is 0.190. The predicted molar refractivity (Wildman–Crippen MR) is 105 cm³/mol. The maximum atomic E-state index is 12.7. The molecule has 3 aromatic rings. The third-order valence-corrected chi connectivity index (χ3v) is 4.18. The second-order valence-electron chi connectivity index (χ2n) is 6.15. The first-order valence-electron chi connectivity index (χ1n) is 8.66. The number of pyridine rings is 2. The molecule has 6 heteroatoms. The van der Waals surface area contributed by atoms with Gasteiger partial charge >= 0.3 is 0 Å². The first-order valence-corrected chi connectivity index (χ1v) is 8.66. The van der Waals surface area contributed by atoms with Crippen molar-refractivity contribution in [2.24, 2.45) is 0 Å². The molecule has 0 aliphatic carbocycles. The number of rotatable bonds is 7. The summed E-state index contributed by atoms with van der Waals surface area (Å²) < 4.78 is 5.23. The average molecular weight is 362 g/mol. The van der Waals surface area contributed by atoms with Crippen LogP contribution in [0.5, 0.6) is 5.75 Å². The monoisotopic (exact) mass is 362 g/mol. The Morgan fingerprint density at radius 1 is 1.07 bits per heavy atom. The SMILES string of the molecule is COc1cccc(Nc2cncc(C(=O)N(C)CCc3ccncc3)c2)c1. The number of hydrogen-bond acceptors (Lipinski definition) is 5. The fourth-order valence-corrected chi connectivity index (χ4v) is 2.66. The molecule has 0 aliphatic heterocycles. The molecule has 0 radical (unpaired) electrons. The lowest BCUT2D eigenvalue weighted by Gasteiger charge is -2.17. The van der Waals surface area contributed by atoms with E-state index in [1.54, 1.807) is 49.9 Å². The summed E-state index contributed by atoms with van der Waals surface area (Å²) >= 11 is 0. The van der Waals surface area contributed by atoms with Gasteiger partial charge in [0.2, 0.25) is 0 Å². The van der Waals surface area contributed by atoms with E-state index in [9.17, 15) is 4.79 Å². The van der Waals surface area contributed by atoms with E-state index in [1.165, 1.54) is 0 Å². The van der Waals surface area contributed by atoms with Gasteiger partial charge in [-0.3, -0.25) is 14.8 Å². The molecule has 0 unspecified atom stereocenters. The van der Waals surface area contributed by atoms with Gasteiger partial charge in [-0.1, -0.05) is 6.07 Å². The van der Waals surface area contributed by atoms with Crippen LogP contribution in [-0.2, 0) is 6.42 Å². The molecule has 27 heavy (non-hydrogen) atoms. The zero-order chi connectivity index (χ0) is 19.1. The van der Waals surface area contributed by atoms with Crippen molar-refractivity contribution in [3.05, 3.63) is 78.4 Å². The number of anilines is 2. The highest BCUT2D eigenvalue weighted by atomic mass is 16.5. The zero-order valence-electron chi connectivity index (χ0n) is 15.4. The number of aromatic nitrogens is 2. The Morgan fingerprint density at radius 3 is 2.67 bits per heavy atom. The summed E-state index contributed by atoms with van der Waals surface area (Å²) in [7, 11) is 3.42. The molecule has 3 rings (SSSR count). The highest BCUT2D eigenvalue weighted by Crippen LogP contribution is 2.21. The van der Waals surface area contributed by atoms with E-state index in [4.69, 9.17) is 4.74 Å². The second kappa shape index (κ2) is 8.80. The van der Waals surface area contributed by atoms with Crippen LogP contribution in [0.2, 0.25) is 0 Å². The Labute approximate surface area is 158 Å². The summed E-state index contributed by atoms with van der Waals surface area (Å²) in [6.45, 7) is 0.621. The van der Waals surface area contributed by atoms with Crippen molar-refractivity contribution in [3.8, 4) is 5.75 Å². The van der Waals surface area contributed by atoms with Gasteiger partial charge in [0, 0.05) is 43.9 Å². The van der Waals surface area contributed by atoms with Crippen molar-refractivity contribution in [1.82, 2.24) is 14.9 Å². The number of carbonyl (C=O) groups excluding carboxylic acids is 1. The standard InChI is InChI=1S/C21H22N4O2/c1-25(11-8-16-6-9-22-10-7-16)21(26)17-12-19(15-23-14-17)24-18-4-3-5-20(13-18)27-2/h3-7,9-10,12-15,24H,8,11H2,1-2H3. The lowest BCUT2D eigenvalue weighted by Crippen LogP contribution is -2.29. The van der Waals surface area contributed by atoms with Crippen LogP contribution in [-0.4, -0.2) is 41.5 Å². The van der Waals surface area contributed by atoms with E-state index >= 15 is 0 Å². The van der Waals surface area contributed by atoms with E-state index in [2.05, 4.69) is 15.3 Å². The van der Waals surface area contributed by atoms with Crippen molar-refractivity contribution in [2.45, 2.75) is 6.42 Å². The van der Waals surface area contributed by atoms with E-state index in [-0.39, 0.29) is 5.91 Å². The summed E-state index contributed by atoms with van der Waals surface area (Å²) in [6, 6.07) is 13.3. The maximum absolute atomic E-state index is 12.7. The number of nitrogens with one attached hydrogen (secondary N) is 1. The highest BCUT2D eigenvalue weighted by Gasteiger charge is 2.13. The summed E-state index contributed by atoms with van der Waals surface area (Å²) in [4.78, 5) is 22.6. The topological polar surface area (TPSA) is 67.3 Å². The average Bonchev–Trinajstić information content (AvgIpc) is 2.72. The van der Waals surface area contributed by atoms with Crippen LogP contribution in [0, 0.1) is 0 Å². The molecule has 0 atom stereocenters. The number of hydrogen-bond donors (Lipinski definition) is 1. The number of methoxy groups -OCH3 is 1. The maximum Gasteiger partial charge on any atom is 0.255 e. The molecule has 0 aliphatic rings. The number of amides is 1. The summed E-state index contributed by atoms with van der Waals surface area (Å²) in [5.74, 6) is 0.696. The lowest BCUT2D eigenvalue weighted by molar-refractivity contribution is 0.0796. The first-order chi connectivity index (χ1) is 13.2. The van der Waals surface area contributed by atoms with Crippen molar-refractivity contribution in [3.63, 3.8) is 0 Å². The minimum absolute atomic E-state index is 0.0640. The second-order valence-corrected chi connectivity index (χ2v) is 6.15. The molecular formula is C21H22N4O2. The van der Waals surface area contributed by atoms with Crippen molar-refractivity contribution < 1.29 is 9.53 Å². The number of benzene rings is 1. The summed E-state index contributed by atoms with van der Waals surface area (Å²) in [6.07, 6.45) is 7.57. The Balaban J connectivity index is 1.65. The third kappa shape index (κ3) is 5.04. The van der Waals surface area contributed by atoms with Gasteiger partial charge in [0.15, 0.2) is 0 Å². The summed E-state index contributed by atoms with van der Waals surface area (Å²) in [5.41, 5.74) is 3.31. The molecule has 0 fully saturated rings. The predicted octanol–water partition coefficient (Wildman–Crippen LogP) is 3.54. The molecule has 0 saturated heterocycles. The van der Waals surface area contributed by atoms with Gasteiger partial charge in [0.25, 0.3) is 5.91 Å². The molecule has 1 N–H and O–H groups in total. The van der Waals surface area contributed by atoms with Crippen LogP contribution in [0.3, 0.4) is 0 Å². The zero-order valence-corrected chi connectivity index (χ0v) is 15.4. The summed E-state index contributed by atoms with van der Waals surface area (Å²) in [5, 5.41) is 3.25. The Hall–Kier alpha value is -3.41. The minimum atomic E-state index is -0.0640. The number of likely N-dealkylation sites (N-methyl/N-ethyl adjacent to an activating group) is 1. The van der Waals surface area contributed by atoms with Crippen molar-refractivity contribution in [1.29, 1.82) is 0 Å². The largest absolute Gasteiger partial charge is 0.497 e. The molecule has 6 nitrogen and oxygen atoms in total. The number of ether oxygens (including phenoxy) is 1. The molecular weight excluding hydrogens is 340 g/mol. The number of carbonyl (C=O) groups is 1. The normalized spacial score (nSPS) is 10.3. The van der Waals surface area contributed by atoms with Crippen LogP contribution < -0.4 is 10.1 Å². The van der Waals surface area contributed by atoms with Gasteiger partial charge < -0.3 is 15.0 Å². The fourth-order valence-electron chi connectivity index (χ4n) is 2.66. The van der Waals surface area contributed by atoms with Gasteiger partial charge in [-0.15, -0.1) is 0 Å². The Bertz CT molecular complexity index is 899. The molecule has 0 bridgehead atoms. The molecule has 2 heterocycles. The van der Waals surface area contributed by atoms with Gasteiger partial charge in [-0.2, -0.15) is 0 Å². The Kier molecular flexibility index (Phi) is 5.99. The molecule has 0 saturated carbocycles. The Morgan fingerprint density at radius 2 is 1.89 bits per heavy atom. The van der Waals surface area contributed by atoms with Crippen LogP contribution in [0.4, 0.5) is 11.4 Å². The molecule has 138 valence electrons. The van der Waals surface area contributed by atoms with Crippen molar-refractivity contribution >= 4 is 17.3 Å². The van der Waals surface area contributed by atoms with E-state index < -0.39 is 0 Å². The minimum Gasteiger partial charge on any atom is -0.497 e. The van der Waals surface area contributed by atoms with Crippen molar-refractivity contribution in [2.75, 3.05) is 26.0 Å². The highest BCUT2D eigenvalue weighted by molar-refractivity contribution is 5.94. The molecule has 2 aromatic heterocycles. The van der Waals surface area contributed by atoms with Gasteiger partial charge in [0.1, 0.15) is 5.75 Å². The van der Waals surface area contributed by atoms with E-state index in [0.717, 1.165) is 29.1 Å². The molecule has 0 spiro atoms. The molecule has 1 aromatic carbocycles.